The van der Waals surface area contributed by atoms with Crippen molar-refractivity contribution in [1.82, 2.24) is 10.2 Å². The zero-order valence-electron chi connectivity index (χ0n) is 12.2. The van der Waals surface area contributed by atoms with Gasteiger partial charge in [-0.3, -0.25) is 14.5 Å². The Morgan fingerprint density at radius 2 is 1.65 bits per heavy atom. The molecule has 106 valence electrons. The first-order valence-corrected chi connectivity index (χ1v) is 7.21. The van der Waals surface area contributed by atoms with Crippen LogP contribution in [0, 0.1) is 19.8 Å². The van der Waals surface area contributed by atoms with Crippen molar-refractivity contribution in [1.29, 1.82) is 0 Å². The molecule has 0 radical (unpaired) electrons. The molecule has 2 atom stereocenters. The second-order valence-electron chi connectivity index (χ2n) is 5.97. The van der Waals surface area contributed by atoms with Crippen LogP contribution in [-0.4, -0.2) is 35.8 Å². The third kappa shape index (κ3) is 1.79. The molecule has 2 aliphatic rings. The number of amides is 2. The summed E-state index contributed by atoms with van der Waals surface area (Å²) in [6, 6.07) is 3.87. The zero-order chi connectivity index (χ0) is 14.4. The van der Waals surface area contributed by atoms with Crippen molar-refractivity contribution in [3.8, 4) is 0 Å². The third-order valence-electron chi connectivity index (χ3n) is 4.56. The molecular weight excluding hydrogens is 252 g/mol. The van der Waals surface area contributed by atoms with Crippen LogP contribution < -0.4 is 5.32 Å². The van der Waals surface area contributed by atoms with Crippen LogP contribution in [0.3, 0.4) is 0 Å². The maximum absolute atomic E-state index is 12.7. The van der Waals surface area contributed by atoms with Gasteiger partial charge in [-0.05, 0) is 50.4 Å². The highest BCUT2D eigenvalue weighted by Gasteiger charge is 2.43. The molecule has 4 nitrogen and oxygen atoms in total. The fourth-order valence-corrected chi connectivity index (χ4v) is 3.38. The molecule has 2 heterocycles. The summed E-state index contributed by atoms with van der Waals surface area (Å²) in [5, 5.41) is 3.31. The van der Waals surface area contributed by atoms with Gasteiger partial charge < -0.3 is 5.32 Å². The van der Waals surface area contributed by atoms with Crippen molar-refractivity contribution in [2.75, 3.05) is 13.1 Å². The van der Waals surface area contributed by atoms with Gasteiger partial charge in [0.25, 0.3) is 11.8 Å². The van der Waals surface area contributed by atoms with Crippen LogP contribution in [0.5, 0.6) is 0 Å². The highest BCUT2D eigenvalue weighted by atomic mass is 16.2. The van der Waals surface area contributed by atoms with E-state index < -0.39 is 0 Å². The number of imide groups is 1. The first-order chi connectivity index (χ1) is 9.52. The van der Waals surface area contributed by atoms with E-state index in [4.69, 9.17) is 0 Å². The maximum Gasteiger partial charge on any atom is 0.262 e. The van der Waals surface area contributed by atoms with Crippen LogP contribution >= 0.6 is 0 Å². The lowest BCUT2D eigenvalue weighted by molar-refractivity contribution is 0.0499. The summed E-state index contributed by atoms with van der Waals surface area (Å²) in [7, 11) is 0. The van der Waals surface area contributed by atoms with Crippen molar-refractivity contribution >= 4 is 11.8 Å². The summed E-state index contributed by atoms with van der Waals surface area (Å²) in [6.07, 6.45) is 0.838. The minimum absolute atomic E-state index is 0.0162. The predicted octanol–water partition coefficient (Wildman–Crippen LogP) is 1.90. The van der Waals surface area contributed by atoms with Gasteiger partial charge in [-0.1, -0.05) is 19.1 Å². The van der Waals surface area contributed by atoms with Gasteiger partial charge >= 0.3 is 0 Å². The van der Waals surface area contributed by atoms with Gasteiger partial charge in [0.2, 0.25) is 0 Å². The van der Waals surface area contributed by atoms with E-state index in [1.54, 1.807) is 0 Å². The Bertz CT molecular complexity index is 553. The highest BCUT2D eigenvalue weighted by Crippen LogP contribution is 2.32. The summed E-state index contributed by atoms with van der Waals surface area (Å²) in [5.74, 6) is 0.0847. The molecular formula is C16H20N2O2. The fraction of sp³-hybridized carbons (Fsp3) is 0.500. The van der Waals surface area contributed by atoms with Crippen molar-refractivity contribution in [3.05, 3.63) is 34.4 Å². The summed E-state index contributed by atoms with van der Waals surface area (Å²) in [4.78, 5) is 26.9. The molecule has 0 aromatic heterocycles. The van der Waals surface area contributed by atoms with E-state index in [0.717, 1.165) is 30.6 Å². The standard InChI is InChI=1S/C16H20N2O2/c1-9-4-5-10(2)14-13(9)15(19)18(16(14)20)12-6-7-17-8-11(12)3/h4-5,11-12,17H,6-8H2,1-3H3. The second kappa shape index (κ2) is 4.70. The van der Waals surface area contributed by atoms with Gasteiger partial charge in [0, 0.05) is 6.04 Å². The van der Waals surface area contributed by atoms with Gasteiger partial charge in [0.1, 0.15) is 0 Å². The first kappa shape index (κ1) is 13.3. The lowest BCUT2D eigenvalue weighted by atomic mass is 9.94. The smallest absolute Gasteiger partial charge is 0.262 e. The van der Waals surface area contributed by atoms with E-state index in [-0.39, 0.29) is 17.9 Å². The van der Waals surface area contributed by atoms with E-state index in [1.165, 1.54) is 4.90 Å². The number of fused-ring (bicyclic) bond motifs is 1. The van der Waals surface area contributed by atoms with E-state index >= 15 is 0 Å². The number of rotatable bonds is 1. The van der Waals surface area contributed by atoms with Gasteiger partial charge in [-0.25, -0.2) is 0 Å². The van der Waals surface area contributed by atoms with Gasteiger partial charge in [-0.15, -0.1) is 0 Å². The topological polar surface area (TPSA) is 49.4 Å². The normalized spacial score (nSPS) is 26.1. The van der Waals surface area contributed by atoms with Crippen LogP contribution in [-0.2, 0) is 0 Å². The molecule has 2 unspecified atom stereocenters. The molecule has 0 spiro atoms. The Labute approximate surface area is 119 Å². The molecule has 2 aliphatic heterocycles. The number of aryl methyl sites for hydroxylation is 2. The lowest BCUT2D eigenvalue weighted by Gasteiger charge is -2.35. The fourth-order valence-electron chi connectivity index (χ4n) is 3.38. The molecule has 1 aromatic rings. The minimum Gasteiger partial charge on any atom is -0.316 e. The third-order valence-corrected chi connectivity index (χ3v) is 4.56. The molecule has 20 heavy (non-hydrogen) atoms. The molecule has 1 saturated heterocycles. The van der Waals surface area contributed by atoms with E-state index in [2.05, 4.69) is 12.2 Å². The van der Waals surface area contributed by atoms with Gasteiger partial charge in [-0.2, -0.15) is 0 Å². The summed E-state index contributed by atoms with van der Waals surface area (Å²) in [6.45, 7) is 7.62. The van der Waals surface area contributed by atoms with Crippen LogP contribution in [0.2, 0.25) is 0 Å². The molecule has 1 fully saturated rings. The molecule has 1 N–H and O–H groups in total. The Morgan fingerprint density at radius 3 is 2.15 bits per heavy atom. The molecule has 0 bridgehead atoms. The number of nitrogens with zero attached hydrogens (tertiary/aromatic N) is 1. The lowest BCUT2D eigenvalue weighted by Crippen LogP contribution is -2.50. The summed E-state index contributed by atoms with van der Waals surface area (Å²) < 4.78 is 0. The zero-order valence-corrected chi connectivity index (χ0v) is 12.2. The predicted molar refractivity (Wildman–Crippen MR) is 76.9 cm³/mol. The largest absolute Gasteiger partial charge is 0.316 e. The number of nitrogens with one attached hydrogen (secondary N) is 1. The molecule has 4 heteroatoms. The molecule has 1 aromatic carbocycles. The Hall–Kier alpha value is -1.68. The number of hydrogen-bond donors (Lipinski definition) is 1. The van der Waals surface area contributed by atoms with Gasteiger partial charge in [0.15, 0.2) is 0 Å². The van der Waals surface area contributed by atoms with Crippen molar-refractivity contribution in [2.24, 2.45) is 5.92 Å². The number of carbonyl (C=O) groups is 2. The monoisotopic (exact) mass is 272 g/mol. The van der Waals surface area contributed by atoms with Crippen molar-refractivity contribution in [2.45, 2.75) is 33.2 Å². The van der Waals surface area contributed by atoms with Crippen LogP contribution in [0.15, 0.2) is 12.1 Å². The Balaban J connectivity index is 2.05. The maximum atomic E-state index is 12.7. The second-order valence-corrected chi connectivity index (χ2v) is 5.97. The molecule has 3 rings (SSSR count). The highest BCUT2D eigenvalue weighted by molar-refractivity contribution is 6.22. The minimum atomic E-state index is -0.107. The van der Waals surface area contributed by atoms with E-state index in [0.29, 0.717) is 17.0 Å². The Morgan fingerprint density at radius 1 is 1.10 bits per heavy atom. The average molecular weight is 272 g/mol. The quantitative estimate of drug-likeness (QED) is 0.794. The van der Waals surface area contributed by atoms with E-state index in [9.17, 15) is 9.59 Å². The number of hydrogen-bond acceptors (Lipinski definition) is 3. The van der Waals surface area contributed by atoms with Gasteiger partial charge in [0.05, 0.1) is 11.1 Å². The van der Waals surface area contributed by atoms with Crippen molar-refractivity contribution in [3.63, 3.8) is 0 Å². The first-order valence-electron chi connectivity index (χ1n) is 7.21. The number of piperidine rings is 1. The number of carbonyl (C=O) groups excluding carboxylic acids is 2. The molecule has 2 amide bonds. The summed E-state index contributed by atoms with van der Waals surface area (Å²) >= 11 is 0. The molecule has 0 aliphatic carbocycles. The van der Waals surface area contributed by atoms with E-state index in [1.807, 2.05) is 26.0 Å². The Kier molecular flexibility index (Phi) is 3.13. The molecule has 0 saturated carbocycles. The average Bonchev–Trinajstić information content (AvgIpc) is 2.68. The summed E-state index contributed by atoms with van der Waals surface area (Å²) in [5.41, 5.74) is 3.02. The van der Waals surface area contributed by atoms with Crippen LogP contribution in [0.1, 0.15) is 45.2 Å². The SMILES string of the molecule is Cc1ccc(C)c2c1C(=O)N(C1CCNCC1C)C2=O. The number of benzene rings is 1. The van der Waals surface area contributed by atoms with Crippen molar-refractivity contribution < 1.29 is 9.59 Å². The van der Waals surface area contributed by atoms with Crippen LogP contribution in [0.4, 0.5) is 0 Å². The van der Waals surface area contributed by atoms with Crippen LogP contribution in [0.25, 0.3) is 0 Å².